The molecule has 0 saturated heterocycles. The average Bonchev–Trinajstić information content (AvgIpc) is 3.47. The normalized spacial score (nSPS) is 11.5. The third-order valence-electron chi connectivity index (χ3n) is 9.17. The number of aromatic nitrogens is 1. The van der Waals surface area contributed by atoms with Gasteiger partial charge in [-0.15, -0.1) is 0 Å². The molecular formula is C43H30N2Si. The molecule has 0 saturated carbocycles. The van der Waals surface area contributed by atoms with Crippen LogP contribution in [0.15, 0.2) is 182 Å². The molecule has 0 N–H and O–H groups in total. The molecule has 0 unspecified atom stereocenters. The maximum absolute atomic E-state index is 8.02. The quantitative estimate of drug-likeness (QED) is 0.103. The Morgan fingerprint density at radius 2 is 0.891 bits per heavy atom. The Bertz CT molecular complexity index is 2220. The van der Waals surface area contributed by atoms with Gasteiger partial charge in [-0.3, -0.25) is 0 Å². The minimum absolute atomic E-state index is 0.626. The van der Waals surface area contributed by atoms with Crippen molar-refractivity contribution in [2.45, 2.75) is 0 Å². The molecule has 0 fully saturated rings. The molecule has 3 heteroatoms. The molecule has 0 aliphatic heterocycles. The Morgan fingerprint density at radius 3 is 1.41 bits per heavy atom. The van der Waals surface area contributed by atoms with E-state index in [4.69, 9.17) is 6.57 Å². The van der Waals surface area contributed by atoms with E-state index in [2.05, 4.69) is 185 Å². The minimum Gasteiger partial charge on any atom is -0.309 e. The van der Waals surface area contributed by atoms with E-state index in [-0.39, 0.29) is 0 Å². The van der Waals surface area contributed by atoms with Crippen LogP contribution in [0.2, 0.25) is 0 Å². The first kappa shape index (κ1) is 27.6. The summed E-state index contributed by atoms with van der Waals surface area (Å²) >= 11 is 0. The molecule has 7 aromatic carbocycles. The first-order valence-electron chi connectivity index (χ1n) is 15.6. The zero-order chi connectivity index (χ0) is 30.9. The van der Waals surface area contributed by atoms with Crippen molar-refractivity contribution in [1.82, 2.24) is 4.57 Å². The third-order valence-corrected chi connectivity index (χ3v) is 14.0. The van der Waals surface area contributed by atoms with Gasteiger partial charge in [0.05, 0.1) is 23.3 Å². The number of hydrogen-bond donors (Lipinski definition) is 0. The summed E-state index contributed by atoms with van der Waals surface area (Å²) in [6.07, 6.45) is 0. The highest BCUT2D eigenvalue weighted by molar-refractivity contribution is 7.20. The van der Waals surface area contributed by atoms with Crippen molar-refractivity contribution in [3.8, 4) is 16.8 Å². The number of rotatable bonds is 6. The zero-order valence-electron chi connectivity index (χ0n) is 25.2. The van der Waals surface area contributed by atoms with Gasteiger partial charge in [0.25, 0.3) is 0 Å². The van der Waals surface area contributed by atoms with E-state index >= 15 is 0 Å². The number of hydrogen-bond acceptors (Lipinski definition) is 0. The zero-order valence-corrected chi connectivity index (χ0v) is 26.2. The van der Waals surface area contributed by atoms with Crippen LogP contribution >= 0.6 is 0 Å². The van der Waals surface area contributed by atoms with Crippen molar-refractivity contribution in [1.29, 1.82) is 0 Å². The van der Waals surface area contributed by atoms with Crippen LogP contribution in [0.5, 0.6) is 0 Å². The Labute approximate surface area is 270 Å². The maximum atomic E-state index is 8.02. The van der Waals surface area contributed by atoms with Crippen LogP contribution in [0.4, 0.5) is 5.69 Å². The Hall–Kier alpha value is -5.95. The second-order valence-corrected chi connectivity index (χ2v) is 15.3. The summed E-state index contributed by atoms with van der Waals surface area (Å²) in [6.45, 7) is 8.02. The van der Waals surface area contributed by atoms with Gasteiger partial charge in [-0.1, -0.05) is 158 Å². The second-order valence-electron chi connectivity index (χ2n) is 11.6. The van der Waals surface area contributed by atoms with Gasteiger partial charge in [0.2, 0.25) is 0 Å². The van der Waals surface area contributed by atoms with Crippen LogP contribution < -0.4 is 20.7 Å². The monoisotopic (exact) mass is 602 g/mol. The lowest BCUT2D eigenvalue weighted by atomic mass is 10.0. The largest absolute Gasteiger partial charge is 0.309 e. The third kappa shape index (κ3) is 4.31. The fourth-order valence-electron chi connectivity index (χ4n) is 7.26. The van der Waals surface area contributed by atoms with Gasteiger partial charge in [-0.25, -0.2) is 4.85 Å². The van der Waals surface area contributed by atoms with E-state index in [1.54, 1.807) is 0 Å². The molecular weight excluding hydrogens is 573 g/mol. The van der Waals surface area contributed by atoms with Crippen LogP contribution in [0, 0.1) is 6.57 Å². The minimum atomic E-state index is -2.86. The van der Waals surface area contributed by atoms with Crippen LogP contribution in [-0.4, -0.2) is 12.6 Å². The number of para-hydroxylation sites is 2. The molecule has 46 heavy (non-hydrogen) atoms. The number of benzene rings is 7. The highest BCUT2D eigenvalue weighted by Gasteiger charge is 2.43. The molecule has 0 bridgehead atoms. The van der Waals surface area contributed by atoms with Gasteiger partial charge in [-0.05, 0) is 56.1 Å². The lowest BCUT2D eigenvalue weighted by molar-refractivity contribution is 1.18. The van der Waals surface area contributed by atoms with Gasteiger partial charge in [0.15, 0.2) is 13.8 Å². The van der Waals surface area contributed by atoms with Crippen molar-refractivity contribution in [3.05, 3.63) is 193 Å². The summed E-state index contributed by atoms with van der Waals surface area (Å²) < 4.78 is 2.38. The average molecular weight is 603 g/mol. The van der Waals surface area contributed by atoms with Crippen molar-refractivity contribution in [2.75, 3.05) is 0 Å². The molecule has 0 aliphatic rings. The molecule has 216 valence electrons. The van der Waals surface area contributed by atoms with Crippen molar-refractivity contribution in [3.63, 3.8) is 0 Å². The summed E-state index contributed by atoms with van der Waals surface area (Å²) in [5.41, 5.74) is 6.18. The predicted molar refractivity (Wildman–Crippen MR) is 196 cm³/mol. The highest BCUT2D eigenvalue weighted by Crippen LogP contribution is 2.37. The fourth-order valence-corrected chi connectivity index (χ4v) is 12.2. The molecule has 0 atom stereocenters. The Morgan fingerprint density at radius 1 is 0.435 bits per heavy atom. The van der Waals surface area contributed by atoms with Gasteiger partial charge >= 0.3 is 0 Å². The second kappa shape index (κ2) is 11.5. The SMILES string of the molecule is [C-]#[N+]c1ccc(-n2c3ccccc3c3ccccc32)c(-c2ccccc2[Si](c2ccccc2)(c2ccccc2)c2ccccc2)c1. The predicted octanol–water partition coefficient (Wildman–Crippen LogP) is 8.38. The van der Waals surface area contributed by atoms with E-state index in [9.17, 15) is 0 Å². The highest BCUT2D eigenvalue weighted by atomic mass is 28.3. The summed E-state index contributed by atoms with van der Waals surface area (Å²) in [6, 6.07) is 65.4. The van der Waals surface area contributed by atoms with Gasteiger partial charge in [-0.2, -0.15) is 0 Å². The van der Waals surface area contributed by atoms with Crippen LogP contribution in [-0.2, 0) is 0 Å². The Kier molecular flexibility index (Phi) is 6.91. The fraction of sp³-hybridized carbons (Fsp3) is 0. The Balaban J connectivity index is 1.52. The summed E-state index contributed by atoms with van der Waals surface area (Å²) in [5, 5.41) is 7.68. The summed E-state index contributed by atoms with van der Waals surface area (Å²) in [5.74, 6) is 0. The molecule has 2 nitrogen and oxygen atoms in total. The van der Waals surface area contributed by atoms with Crippen LogP contribution in [0.1, 0.15) is 0 Å². The lowest BCUT2D eigenvalue weighted by Gasteiger charge is -2.36. The first-order valence-corrected chi connectivity index (χ1v) is 17.6. The van der Waals surface area contributed by atoms with E-state index in [1.165, 1.54) is 31.5 Å². The number of fused-ring (bicyclic) bond motifs is 3. The standard InChI is InChI=1S/C43H30N2Si/c1-44-32-29-30-42(45-40-26-14-11-23-36(40)37-24-12-15-27-41(37)45)39(31-32)38-25-13-16-28-43(38)46(33-17-5-2-6-18-33,34-19-7-3-8-20-34)35-21-9-4-10-22-35/h2-31H. The first-order chi connectivity index (χ1) is 22.8. The number of nitrogens with zero attached hydrogens (tertiary/aromatic N) is 2. The molecule has 8 rings (SSSR count). The summed E-state index contributed by atoms with van der Waals surface area (Å²) in [7, 11) is -2.86. The maximum Gasteiger partial charge on any atom is 0.188 e. The van der Waals surface area contributed by atoms with E-state index in [0.29, 0.717) is 5.69 Å². The summed E-state index contributed by atoms with van der Waals surface area (Å²) in [4.78, 5) is 3.92. The van der Waals surface area contributed by atoms with Crippen LogP contribution in [0.25, 0.3) is 43.5 Å². The molecule has 8 aromatic rings. The molecule has 1 aromatic heterocycles. The van der Waals surface area contributed by atoms with Crippen molar-refractivity contribution >= 4 is 56.3 Å². The smallest absolute Gasteiger partial charge is 0.188 e. The van der Waals surface area contributed by atoms with Gasteiger partial charge in [0.1, 0.15) is 0 Å². The molecule has 0 aliphatic carbocycles. The van der Waals surface area contributed by atoms with Crippen LogP contribution in [0.3, 0.4) is 0 Å². The molecule has 0 spiro atoms. The van der Waals surface area contributed by atoms with Gasteiger partial charge in [0, 0.05) is 10.8 Å². The van der Waals surface area contributed by atoms with Gasteiger partial charge < -0.3 is 4.57 Å². The van der Waals surface area contributed by atoms with E-state index in [1.807, 2.05) is 6.07 Å². The van der Waals surface area contributed by atoms with Crippen molar-refractivity contribution in [2.24, 2.45) is 0 Å². The molecule has 1 heterocycles. The lowest BCUT2D eigenvalue weighted by Crippen LogP contribution is -2.75. The molecule has 0 radical (unpaired) electrons. The van der Waals surface area contributed by atoms with Crippen molar-refractivity contribution < 1.29 is 0 Å². The van der Waals surface area contributed by atoms with E-state index in [0.717, 1.165) is 27.8 Å². The topological polar surface area (TPSA) is 9.29 Å². The molecule has 0 amide bonds. The van der Waals surface area contributed by atoms with E-state index < -0.39 is 8.07 Å².